The van der Waals surface area contributed by atoms with Gasteiger partial charge in [-0.3, -0.25) is 0 Å². The van der Waals surface area contributed by atoms with Crippen LogP contribution in [0.25, 0.3) is 0 Å². The predicted molar refractivity (Wildman–Crippen MR) is 84.0 cm³/mol. The van der Waals surface area contributed by atoms with E-state index in [1.54, 1.807) is 12.1 Å². The molecule has 0 unspecified atom stereocenters. The Labute approximate surface area is 123 Å². The fraction of sp³-hybridized carbons (Fsp3) is 0.200. The van der Waals surface area contributed by atoms with Crippen molar-refractivity contribution < 1.29 is 0 Å². The summed E-state index contributed by atoms with van der Waals surface area (Å²) in [5, 5.41) is 4.36. The van der Waals surface area contributed by atoms with E-state index in [-0.39, 0.29) is 0 Å². The molecule has 0 fully saturated rings. The Hall–Kier alpha value is -1.38. The molecule has 0 radical (unpaired) electrons. The number of aryl methyl sites for hydroxylation is 1. The molecule has 2 aromatic carbocycles. The standard InChI is InChI=1S/C15H16Cl2N2/c1-2-10-5-3-4-6-11(10)9-19-15-13(16)7-12(18)8-14(15)17/h3-8,19H,2,9,18H2,1H3. The molecule has 2 nitrogen and oxygen atoms in total. The Morgan fingerprint density at radius 3 is 2.21 bits per heavy atom. The summed E-state index contributed by atoms with van der Waals surface area (Å²) < 4.78 is 0. The zero-order valence-corrected chi connectivity index (χ0v) is 12.2. The van der Waals surface area contributed by atoms with Gasteiger partial charge in [-0.1, -0.05) is 54.4 Å². The molecule has 0 spiro atoms. The fourth-order valence-electron chi connectivity index (χ4n) is 2.02. The molecule has 100 valence electrons. The quantitative estimate of drug-likeness (QED) is 0.799. The van der Waals surface area contributed by atoms with E-state index in [4.69, 9.17) is 28.9 Å². The van der Waals surface area contributed by atoms with Crippen LogP contribution in [-0.2, 0) is 13.0 Å². The molecule has 0 amide bonds. The van der Waals surface area contributed by atoms with Gasteiger partial charge in [-0.05, 0) is 29.7 Å². The van der Waals surface area contributed by atoms with E-state index >= 15 is 0 Å². The summed E-state index contributed by atoms with van der Waals surface area (Å²) in [6.07, 6.45) is 1.00. The highest BCUT2D eigenvalue weighted by atomic mass is 35.5. The summed E-state index contributed by atoms with van der Waals surface area (Å²) in [6.45, 7) is 2.83. The van der Waals surface area contributed by atoms with Crippen LogP contribution < -0.4 is 11.1 Å². The molecule has 3 N–H and O–H groups in total. The molecule has 0 bridgehead atoms. The van der Waals surface area contributed by atoms with Crippen LogP contribution in [-0.4, -0.2) is 0 Å². The SMILES string of the molecule is CCc1ccccc1CNc1c(Cl)cc(N)cc1Cl. The zero-order chi connectivity index (χ0) is 13.8. The minimum Gasteiger partial charge on any atom is -0.399 e. The lowest BCUT2D eigenvalue weighted by molar-refractivity contribution is 1.04. The van der Waals surface area contributed by atoms with Crippen molar-refractivity contribution in [2.45, 2.75) is 19.9 Å². The van der Waals surface area contributed by atoms with Gasteiger partial charge in [-0.2, -0.15) is 0 Å². The monoisotopic (exact) mass is 294 g/mol. The second-order valence-electron chi connectivity index (χ2n) is 4.34. The third-order valence-electron chi connectivity index (χ3n) is 3.02. The maximum absolute atomic E-state index is 6.15. The molecule has 0 heterocycles. The topological polar surface area (TPSA) is 38.0 Å². The van der Waals surface area contributed by atoms with E-state index < -0.39 is 0 Å². The summed E-state index contributed by atoms with van der Waals surface area (Å²) in [7, 11) is 0. The van der Waals surface area contributed by atoms with Gasteiger partial charge in [0.05, 0.1) is 15.7 Å². The third kappa shape index (κ3) is 3.34. The molecule has 4 heteroatoms. The number of rotatable bonds is 4. The van der Waals surface area contributed by atoms with Crippen LogP contribution >= 0.6 is 23.2 Å². The van der Waals surface area contributed by atoms with Crippen molar-refractivity contribution in [2.24, 2.45) is 0 Å². The van der Waals surface area contributed by atoms with Gasteiger partial charge >= 0.3 is 0 Å². The molecule has 0 aliphatic heterocycles. The number of hydrogen-bond donors (Lipinski definition) is 2. The normalized spacial score (nSPS) is 10.5. The molecule has 2 aromatic rings. The molecule has 0 aliphatic rings. The van der Waals surface area contributed by atoms with Crippen molar-refractivity contribution >= 4 is 34.6 Å². The van der Waals surface area contributed by atoms with Crippen LogP contribution in [0.4, 0.5) is 11.4 Å². The molecule has 0 saturated carbocycles. The van der Waals surface area contributed by atoms with Gasteiger partial charge in [0.1, 0.15) is 0 Å². The van der Waals surface area contributed by atoms with E-state index in [1.807, 2.05) is 12.1 Å². The van der Waals surface area contributed by atoms with E-state index in [0.717, 1.165) is 12.1 Å². The van der Waals surface area contributed by atoms with E-state index in [2.05, 4.69) is 24.4 Å². The second-order valence-corrected chi connectivity index (χ2v) is 5.15. The molecule has 0 aliphatic carbocycles. The number of benzene rings is 2. The van der Waals surface area contributed by atoms with E-state index in [0.29, 0.717) is 22.3 Å². The first-order valence-electron chi connectivity index (χ1n) is 6.17. The number of nitrogens with one attached hydrogen (secondary N) is 1. The van der Waals surface area contributed by atoms with Gasteiger partial charge in [0, 0.05) is 12.2 Å². The Balaban J connectivity index is 2.19. The first-order valence-corrected chi connectivity index (χ1v) is 6.92. The highest BCUT2D eigenvalue weighted by Gasteiger charge is 2.08. The molecular weight excluding hydrogens is 279 g/mol. The Morgan fingerprint density at radius 2 is 1.63 bits per heavy atom. The molecule has 0 saturated heterocycles. The fourth-order valence-corrected chi connectivity index (χ4v) is 2.66. The van der Waals surface area contributed by atoms with Crippen molar-refractivity contribution in [3.05, 3.63) is 57.6 Å². The average Bonchev–Trinajstić information content (AvgIpc) is 2.38. The number of nitrogen functional groups attached to an aromatic ring is 1. The lowest BCUT2D eigenvalue weighted by Crippen LogP contribution is -2.04. The lowest BCUT2D eigenvalue weighted by atomic mass is 10.1. The van der Waals surface area contributed by atoms with Gasteiger partial charge in [0.15, 0.2) is 0 Å². The van der Waals surface area contributed by atoms with Gasteiger partial charge in [0.2, 0.25) is 0 Å². The van der Waals surface area contributed by atoms with Crippen molar-refractivity contribution in [1.82, 2.24) is 0 Å². The first kappa shape index (κ1) is 14.0. The summed E-state index contributed by atoms with van der Waals surface area (Å²) in [5.41, 5.74) is 9.54. The summed E-state index contributed by atoms with van der Waals surface area (Å²) in [6, 6.07) is 11.7. The maximum Gasteiger partial charge on any atom is 0.0723 e. The second kappa shape index (κ2) is 6.18. The highest BCUT2D eigenvalue weighted by Crippen LogP contribution is 2.33. The van der Waals surface area contributed by atoms with E-state index in [1.165, 1.54) is 11.1 Å². The summed E-state index contributed by atoms with van der Waals surface area (Å²) in [5.74, 6) is 0. The predicted octanol–water partition coefficient (Wildman–Crippen LogP) is 4.75. The number of hydrogen-bond acceptors (Lipinski definition) is 2. The van der Waals surface area contributed by atoms with Crippen LogP contribution in [0, 0.1) is 0 Å². The number of anilines is 2. The summed E-state index contributed by atoms with van der Waals surface area (Å²) >= 11 is 12.3. The number of halogens is 2. The van der Waals surface area contributed by atoms with Crippen LogP contribution in [0.5, 0.6) is 0 Å². The number of nitrogens with two attached hydrogens (primary N) is 1. The molecule has 19 heavy (non-hydrogen) atoms. The van der Waals surface area contributed by atoms with Crippen molar-refractivity contribution in [2.75, 3.05) is 11.1 Å². The zero-order valence-electron chi connectivity index (χ0n) is 10.7. The summed E-state index contributed by atoms with van der Waals surface area (Å²) in [4.78, 5) is 0. The lowest BCUT2D eigenvalue weighted by Gasteiger charge is -2.13. The first-order chi connectivity index (χ1) is 9.11. The average molecular weight is 295 g/mol. The Morgan fingerprint density at radius 1 is 1.05 bits per heavy atom. The van der Waals surface area contributed by atoms with E-state index in [9.17, 15) is 0 Å². The minimum atomic E-state index is 0.541. The van der Waals surface area contributed by atoms with Gasteiger partial charge in [0.25, 0.3) is 0 Å². The van der Waals surface area contributed by atoms with Crippen LogP contribution in [0.1, 0.15) is 18.1 Å². The van der Waals surface area contributed by atoms with Crippen LogP contribution in [0.2, 0.25) is 10.0 Å². The Kier molecular flexibility index (Phi) is 4.56. The van der Waals surface area contributed by atoms with Crippen molar-refractivity contribution in [3.63, 3.8) is 0 Å². The van der Waals surface area contributed by atoms with Crippen molar-refractivity contribution in [3.8, 4) is 0 Å². The third-order valence-corrected chi connectivity index (χ3v) is 3.62. The van der Waals surface area contributed by atoms with Gasteiger partial charge in [-0.25, -0.2) is 0 Å². The smallest absolute Gasteiger partial charge is 0.0723 e. The molecule has 0 aromatic heterocycles. The molecular formula is C15H16Cl2N2. The minimum absolute atomic E-state index is 0.541. The van der Waals surface area contributed by atoms with Gasteiger partial charge in [-0.15, -0.1) is 0 Å². The van der Waals surface area contributed by atoms with Gasteiger partial charge < -0.3 is 11.1 Å². The van der Waals surface area contributed by atoms with Crippen LogP contribution in [0.3, 0.4) is 0 Å². The highest BCUT2D eigenvalue weighted by molar-refractivity contribution is 6.39. The Bertz CT molecular complexity index is 559. The maximum atomic E-state index is 6.15. The molecule has 2 rings (SSSR count). The molecule has 0 atom stereocenters. The van der Waals surface area contributed by atoms with Crippen LogP contribution in [0.15, 0.2) is 36.4 Å². The van der Waals surface area contributed by atoms with Crippen molar-refractivity contribution in [1.29, 1.82) is 0 Å². The largest absolute Gasteiger partial charge is 0.399 e.